The fraction of sp³-hybridized carbons (Fsp3) is 0.778. The molecule has 1 saturated carbocycles. The lowest BCUT2D eigenvalue weighted by atomic mass is 10.1. The number of alkyl halides is 3. The number of allylic oxidation sites excluding steroid dienone is 1. The van der Waals surface area contributed by atoms with Gasteiger partial charge in [0.25, 0.3) is 0 Å². The summed E-state index contributed by atoms with van der Waals surface area (Å²) in [7, 11) is 0. The van der Waals surface area contributed by atoms with Gasteiger partial charge < -0.3 is 5.73 Å². The minimum absolute atomic E-state index is 0.592. The summed E-state index contributed by atoms with van der Waals surface area (Å²) in [6, 6.07) is 0. The van der Waals surface area contributed by atoms with Crippen molar-refractivity contribution in [3.8, 4) is 0 Å². The standard InChI is InChI=1S/C6H13N.C3H2ClF3/c1-6(2)3-5(6)4-7;1-2(4)3(5,6)7/h5H,3-4,7H2,1-2H3;1H2/t5-;/m0./s1. The average Bonchev–Trinajstić information content (AvgIpc) is 2.58. The van der Waals surface area contributed by atoms with E-state index in [1.807, 2.05) is 0 Å². The van der Waals surface area contributed by atoms with E-state index in [1.54, 1.807) is 0 Å². The van der Waals surface area contributed by atoms with Crippen molar-refractivity contribution in [2.75, 3.05) is 6.54 Å². The van der Waals surface area contributed by atoms with Crippen LogP contribution in [-0.4, -0.2) is 12.7 Å². The SMILES string of the molecule is C=C(Cl)C(F)(F)F.CC1(C)C[C@H]1CN. The first-order chi connectivity index (χ1) is 6.11. The minimum Gasteiger partial charge on any atom is -0.330 e. The molecule has 0 radical (unpaired) electrons. The van der Waals surface area contributed by atoms with E-state index in [1.165, 1.54) is 6.42 Å². The molecule has 0 aromatic heterocycles. The number of rotatable bonds is 1. The maximum atomic E-state index is 10.9. The fourth-order valence-corrected chi connectivity index (χ4v) is 0.979. The molecule has 0 spiro atoms. The van der Waals surface area contributed by atoms with Crippen LogP contribution < -0.4 is 5.73 Å². The highest BCUT2D eigenvalue weighted by molar-refractivity contribution is 6.29. The molecule has 1 nitrogen and oxygen atoms in total. The Morgan fingerprint density at radius 1 is 1.57 bits per heavy atom. The highest BCUT2D eigenvalue weighted by atomic mass is 35.5. The highest BCUT2D eigenvalue weighted by Crippen LogP contribution is 2.50. The third kappa shape index (κ3) is 4.86. The molecule has 2 N–H and O–H groups in total. The van der Waals surface area contributed by atoms with Crippen molar-refractivity contribution < 1.29 is 13.2 Å². The summed E-state index contributed by atoms with van der Waals surface area (Å²) < 4.78 is 32.8. The van der Waals surface area contributed by atoms with Gasteiger partial charge in [0.1, 0.15) is 5.03 Å². The van der Waals surface area contributed by atoms with Crippen molar-refractivity contribution in [1.29, 1.82) is 0 Å². The largest absolute Gasteiger partial charge is 0.426 e. The second kappa shape index (κ2) is 4.53. The van der Waals surface area contributed by atoms with Gasteiger partial charge in [-0.15, -0.1) is 0 Å². The number of hydrogen-bond acceptors (Lipinski definition) is 1. The first kappa shape index (κ1) is 13.8. The summed E-state index contributed by atoms with van der Waals surface area (Å²) >= 11 is 4.43. The van der Waals surface area contributed by atoms with Crippen molar-refractivity contribution in [2.24, 2.45) is 17.1 Å². The zero-order valence-electron chi connectivity index (χ0n) is 8.29. The lowest BCUT2D eigenvalue weighted by Crippen LogP contribution is -2.04. The molecule has 84 valence electrons. The second-order valence-corrected chi connectivity index (χ2v) is 4.48. The maximum absolute atomic E-state index is 10.9. The van der Waals surface area contributed by atoms with Crippen molar-refractivity contribution >= 4 is 11.6 Å². The van der Waals surface area contributed by atoms with Gasteiger partial charge in [0.2, 0.25) is 0 Å². The predicted octanol–water partition coefficient (Wildman–Crippen LogP) is 3.29. The van der Waals surface area contributed by atoms with Gasteiger partial charge in [-0.25, -0.2) is 0 Å². The van der Waals surface area contributed by atoms with Gasteiger partial charge in [-0.2, -0.15) is 13.2 Å². The predicted molar refractivity (Wildman–Crippen MR) is 52.0 cm³/mol. The molecule has 0 amide bonds. The van der Waals surface area contributed by atoms with E-state index in [-0.39, 0.29) is 0 Å². The molecule has 0 aromatic rings. The normalized spacial score (nSPS) is 23.5. The molecule has 1 rings (SSSR count). The molecule has 5 heteroatoms. The summed E-state index contributed by atoms with van der Waals surface area (Å²) in [5.41, 5.74) is 6.00. The van der Waals surface area contributed by atoms with E-state index >= 15 is 0 Å². The average molecular weight is 230 g/mol. The van der Waals surface area contributed by atoms with Crippen molar-refractivity contribution in [1.82, 2.24) is 0 Å². The molecule has 0 unspecified atom stereocenters. The van der Waals surface area contributed by atoms with E-state index in [0.29, 0.717) is 5.41 Å². The second-order valence-electron chi connectivity index (χ2n) is 4.03. The van der Waals surface area contributed by atoms with Crippen molar-refractivity contribution in [2.45, 2.75) is 26.4 Å². The van der Waals surface area contributed by atoms with Crippen LogP contribution >= 0.6 is 11.6 Å². The molecule has 0 heterocycles. The van der Waals surface area contributed by atoms with E-state index in [2.05, 4.69) is 32.0 Å². The Labute approximate surface area is 87.1 Å². The Hall–Kier alpha value is -0.220. The topological polar surface area (TPSA) is 26.0 Å². The highest BCUT2D eigenvalue weighted by Gasteiger charge is 2.43. The fourth-order valence-electron chi connectivity index (χ4n) is 0.979. The van der Waals surface area contributed by atoms with Crippen LogP contribution in [0.4, 0.5) is 13.2 Å². The zero-order chi connectivity index (χ0) is 11.6. The molecule has 1 aliphatic rings. The Balaban J connectivity index is 0.000000241. The lowest BCUT2D eigenvalue weighted by molar-refractivity contribution is -0.0841. The van der Waals surface area contributed by atoms with Crippen LogP contribution in [0.15, 0.2) is 11.6 Å². The number of halogens is 4. The van der Waals surface area contributed by atoms with Crippen LogP contribution in [0, 0.1) is 11.3 Å². The molecule has 0 bridgehead atoms. The van der Waals surface area contributed by atoms with E-state index in [0.717, 1.165) is 12.5 Å². The quantitative estimate of drug-likeness (QED) is 0.734. The Bertz CT molecular complexity index is 211. The van der Waals surface area contributed by atoms with Crippen LogP contribution in [0.5, 0.6) is 0 Å². The summed E-state index contributed by atoms with van der Waals surface area (Å²) in [5.74, 6) is 0.826. The van der Waals surface area contributed by atoms with E-state index < -0.39 is 11.2 Å². The molecule has 0 saturated heterocycles. The Kier molecular flexibility index (Phi) is 4.46. The zero-order valence-corrected chi connectivity index (χ0v) is 9.04. The lowest BCUT2D eigenvalue weighted by Gasteiger charge is -1.98. The molecular weight excluding hydrogens is 215 g/mol. The molecule has 0 aromatic carbocycles. The van der Waals surface area contributed by atoms with Gasteiger partial charge in [-0.1, -0.05) is 32.0 Å². The first-order valence-corrected chi connectivity index (χ1v) is 4.60. The van der Waals surface area contributed by atoms with Gasteiger partial charge in [-0.05, 0) is 24.3 Å². The van der Waals surface area contributed by atoms with Crippen LogP contribution in [0.2, 0.25) is 0 Å². The summed E-state index contributed by atoms with van der Waals surface area (Å²) in [6.07, 6.45) is -3.09. The molecule has 14 heavy (non-hydrogen) atoms. The van der Waals surface area contributed by atoms with Gasteiger partial charge in [0.05, 0.1) is 0 Å². The van der Waals surface area contributed by atoms with Gasteiger partial charge in [-0.3, -0.25) is 0 Å². The van der Waals surface area contributed by atoms with Crippen molar-refractivity contribution in [3.05, 3.63) is 11.6 Å². The molecule has 1 atom stereocenters. The van der Waals surface area contributed by atoms with E-state index in [9.17, 15) is 13.2 Å². The minimum atomic E-state index is -4.43. The first-order valence-electron chi connectivity index (χ1n) is 4.23. The summed E-state index contributed by atoms with van der Waals surface area (Å²) in [4.78, 5) is 0. The number of hydrogen-bond donors (Lipinski definition) is 1. The molecule has 1 fully saturated rings. The van der Waals surface area contributed by atoms with E-state index in [4.69, 9.17) is 5.73 Å². The van der Waals surface area contributed by atoms with Crippen LogP contribution in [-0.2, 0) is 0 Å². The smallest absolute Gasteiger partial charge is 0.330 e. The monoisotopic (exact) mass is 229 g/mol. The van der Waals surface area contributed by atoms with Crippen LogP contribution in [0.25, 0.3) is 0 Å². The third-order valence-corrected chi connectivity index (χ3v) is 2.52. The number of nitrogens with two attached hydrogens (primary N) is 1. The summed E-state index contributed by atoms with van der Waals surface area (Å²) in [6.45, 7) is 7.89. The Morgan fingerprint density at radius 3 is 1.86 bits per heavy atom. The summed E-state index contributed by atoms with van der Waals surface area (Å²) in [5, 5.41) is -1.28. The molecule has 0 aliphatic heterocycles. The maximum Gasteiger partial charge on any atom is 0.426 e. The van der Waals surface area contributed by atoms with Gasteiger partial charge in [0.15, 0.2) is 0 Å². The van der Waals surface area contributed by atoms with Crippen molar-refractivity contribution in [3.63, 3.8) is 0 Å². The Morgan fingerprint density at radius 2 is 1.86 bits per heavy atom. The van der Waals surface area contributed by atoms with Crippen LogP contribution in [0.3, 0.4) is 0 Å². The van der Waals surface area contributed by atoms with Gasteiger partial charge in [0, 0.05) is 0 Å². The third-order valence-electron chi connectivity index (χ3n) is 2.31. The van der Waals surface area contributed by atoms with Crippen LogP contribution in [0.1, 0.15) is 20.3 Å². The van der Waals surface area contributed by atoms with Gasteiger partial charge >= 0.3 is 6.18 Å². The molecular formula is C9H15ClF3N. The molecule has 1 aliphatic carbocycles.